The largest absolute Gasteiger partial charge is 0.494 e. The number of methoxy groups -OCH3 is 1. The summed E-state index contributed by atoms with van der Waals surface area (Å²) in [5.74, 6) is -3.46. The topological polar surface area (TPSA) is 149 Å². The molecule has 2 aliphatic rings. The van der Waals surface area contributed by atoms with Crippen LogP contribution in [0, 0.1) is 18.3 Å². The van der Waals surface area contributed by atoms with Gasteiger partial charge in [-0.05, 0) is 61.9 Å². The Labute approximate surface area is 239 Å². The van der Waals surface area contributed by atoms with E-state index in [-0.39, 0.29) is 29.7 Å². The SMILES string of the molecule is COc1cc(-c2ccc3c(C4(C(=O)NC5(C#N)CC5)CCC(F)(F)CC4)c(C(N)=O)oc3c2)ccc1-n1ncnc1C. The summed E-state index contributed by atoms with van der Waals surface area (Å²) in [7, 11) is 1.55. The van der Waals surface area contributed by atoms with Crippen LogP contribution in [0.25, 0.3) is 27.8 Å². The number of nitrogens with one attached hydrogen (secondary N) is 1. The number of halogens is 2. The van der Waals surface area contributed by atoms with Gasteiger partial charge in [0.25, 0.3) is 5.91 Å². The quantitative estimate of drug-likeness (QED) is 0.324. The number of fused-ring (bicyclic) bond motifs is 1. The van der Waals surface area contributed by atoms with Gasteiger partial charge in [0.15, 0.2) is 5.76 Å². The summed E-state index contributed by atoms with van der Waals surface area (Å²) < 4.78 is 42.0. The Hall–Kier alpha value is -4.79. The minimum absolute atomic E-state index is 0.188. The number of nitrogens with two attached hydrogens (primary N) is 1. The Morgan fingerprint density at radius 3 is 2.38 bits per heavy atom. The number of primary amides is 1. The highest BCUT2D eigenvalue weighted by atomic mass is 19.3. The summed E-state index contributed by atoms with van der Waals surface area (Å²) >= 11 is 0. The molecule has 2 aliphatic carbocycles. The summed E-state index contributed by atoms with van der Waals surface area (Å²) in [4.78, 5) is 30.7. The Kier molecular flexibility index (Phi) is 6.29. The molecule has 0 bridgehead atoms. The van der Waals surface area contributed by atoms with Crippen LogP contribution in [-0.4, -0.2) is 45.2 Å². The highest BCUT2D eigenvalue weighted by molar-refractivity contribution is 6.04. The van der Waals surface area contributed by atoms with E-state index in [1.807, 2.05) is 25.1 Å². The van der Waals surface area contributed by atoms with Gasteiger partial charge >= 0.3 is 0 Å². The zero-order valence-corrected chi connectivity index (χ0v) is 23.0. The van der Waals surface area contributed by atoms with Gasteiger partial charge in [0, 0.05) is 23.8 Å². The molecule has 0 atom stereocenters. The molecule has 216 valence electrons. The van der Waals surface area contributed by atoms with Crippen molar-refractivity contribution in [2.24, 2.45) is 5.73 Å². The lowest BCUT2D eigenvalue weighted by Gasteiger charge is -2.39. The maximum Gasteiger partial charge on any atom is 0.284 e. The van der Waals surface area contributed by atoms with Crippen LogP contribution in [0.1, 0.15) is 60.5 Å². The molecule has 0 radical (unpaired) electrons. The minimum atomic E-state index is -2.95. The number of rotatable bonds is 7. The van der Waals surface area contributed by atoms with Crippen LogP contribution in [-0.2, 0) is 10.2 Å². The van der Waals surface area contributed by atoms with Gasteiger partial charge in [-0.3, -0.25) is 9.59 Å². The lowest BCUT2D eigenvalue weighted by atomic mass is 9.66. The predicted molar refractivity (Wildman–Crippen MR) is 147 cm³/mol. The smallest absolute Gasteiger partial charge is 0.284 e. The van der Waals surface area contributed by atoms with Gasteiger partial charge in [0.1, 0.15) is 34.7 Å². The third-order valence-electron chi connectivity index (χ3n) is 8.44. The van der Waals surface area contributed by atoms with Crippen LogP contribution in [0.2, 0.25) is 0 Å². The van der Waals surface area contributed by atoms with Crippen molar-refractivity contribution < 1.29 is 27.5 Å². The number of aromatic nitrogens is 3. The van der Waals surface area contributed by atoms with Crippen LogP contribution in [0.5, 0.6) is 5.75 Å². The van der Waals surface area contributed by atoms with E-state index >= 15 is 0 Å². The van der Waals surface area contributed by atoms with E-state index < -0.39 is 41.5 Å². The average Bonchev–Trinajstić information content (AvgIpc) is 3.44. The molecule has 0 unspecified atom stereocenters. The van der Waals surface area contributed by atoms with Gasteiger partial charge in [-0.2, -0.15) is 10.4 Å². The highest BCUT2D eigenvalue weighted by Crippen LogP contribution is 2.50. The zero-order valence-electron chi connectivity index (χ0n) is 23.0. The predicted octanol–water partition coefficient (Wildman–Crippen LogP) is 4.72. The molecule has 42 heavy (non-hydrogen) atoms. The molecule has 4 aromatic rings. The van der Waals surface area contributed by atoms with Crippen molar-refractivity contribution in [3.63, 3.8) is 0 Å². The number of ether oxygens (including phenoxy) is 1. The number of aryl methyl sites for hydroxylation is 1. The van der Waals surface area contributed by atoms with E-state index in [0.717, 1.165) is 5.56 Å². The monoisotopic (exact) mass is 574 g/mol. The fraction of sp³-hybridized carbons (Fsp3) is 0.367. The Bertz CT molecular complexity index is 1770. The molecule has 6 rings (SSSR count). The number of nitriles is 1. The summed E-state index contributed by atoms with van der Waals surface area (Å²) in [6.07, 6.45) is 0.818. The molecule has 2 heterocycles. The molecule has 2 aromatic heterocycles. The summed E-state index contributed by atoms with van der Waals surface area (Å²) in [6, 6.07) is 12.9. The van der Waals surface area contributed by atoms with Gasteiger partial charge in [0.2, 0.25) is 11.8 Å². The molecule has 0 spiro atoms. The maximum absolute atomic E-state index is 14.4. The maximum atomic E-state index is 14.4. The Morgan fingerprint density at radius 1 is 1.10 bits per heavy atom. The number of furan rings is 1. The number of alkyl halides is 2. The highest BCUT2D eigenvalue weighted by Gasteiger charge is 2.55. The van der Waals surface area contributed by atoms with Gasteiger partial charge in [-0.1, -0.05) is 18.2 Å². The fourth-order valence-corrected chi connectivity index (χ4v) is 5.85. The van der Waals surface area contributed by atoms with Crippen molar-refractivity contribution >= 4 is 22.8 Å². The zero-order chi connectivity index (χ0) is 29.9. The second-order valence-electron chi connectivity index (χ2n) is 11.1. The first-order valence-electron chi connectivity index (χ1n) is 13.6. The summed E-state index contributed by atoms with van der Waals surface area (Å²) in [5, 5.41) is 17.0. The van der Waals surface area contributed by atoms with E-state index in [1.165, 1.54) is 6.33 Å². The first kappa shape index (κ1) is 27.4. The van der Waals surface area contributed by atoms with Crippen molar-refractivity contribution in [1.29, 1.82) is 5.26 Å². The van der Waals surface area contributed by atoms with Crippen LogP contribution in [0.4, 0.5) is 8.78 Å². The van der Waals surface area contributed by atoms with Crippen LogP contribution in [0.3, 0.4) is 0 Å². The summed E-state index contributed by atoms with van der Waals surface area (Å²) in [6.45, 7) is 1.82. The molecule has 2 fully saturated rings. The molecule has 2 amide bonds. The molecule has 3 N–H and O–H groups in total. The molecule has 0 aliphatic heterocycles. The van der Waals surface area contributed by atoms with Crippen LogP contribution in [0.15, 0.2) is 47.1 Å². The molecular weight excluding hydrogens is 546 g/mol. The number of carbonyl (C=O) groups is 2. The lowest BCUT2D eigenvalue weighted by Crippen LogP contribution is -2.52. The number of amides is 2. The van der Waals surface area contributed by atoms with Crippen LogP contribution >= 0.6 is 0 Å². The first-order chi connectivity index (χ1) is 20.0. The molecule has 10 nitrogen and oxygen atoms in total. The number of nitrogens with zero attached hydrogens (tertiary/aromatic N) is 4. The molecule has 0 saturated heterocycles. The van der Waals surface area contributed by atoms with Crippen molar-refractivity contribution in [3.05, 3.63) is 59.9 Å². The second kappa shape index (κ2) is 9.65. The minimum Gasteiger partial charge on any atom is -0.494 e. The van der Waals surface area contributed by atoms with Gasteiger partial charge < -0.3 is 20.2 Å². The Balaban J connectivity index is 1.46. The molecule has 2 saturated carbocycles. The Morgan fingerprint density at radius 2 is 1.79 bits per heavy atom. The van der Waals surface area contributed by atoms with Crippen molar-refractivity contribution in [1.82, 2.24) is 20.1 Å². The van der Waals surface area contributed by atoms with Gasteiger partial charge in [-0.15, -0.1) is 0 Å². The van der Waals surface area contributed by atoms with E-state index in [4.69, 9.17) is 14.9 Å². The molecule has 2 aromatic carbocycles. The van der Waals surface area contributed by atoms with Crippen molar-refractivity contribution in [3.8, 4) is 28.6 Å². The fourth-order valence-electron chi connectivity index (χ4n) is 5.85. The van der Waals surface area contributed by atoms with Crippen molar-refractivity contribution in [2.45, 2.75) is 62.3 Å². The van der Waals surface area contributed by atoms with E-state index in [2.05, 4.69) is 21.5 Å². The number of benzene rings is 2. The van der Waals surface area contributed by atoms with E-state index in [1.54, 1.807) is 30.0 Å². The average molecular weight is 575 g/mol. The van der Waals surface area contributed by atoms with Crippen LogP contribution < -0.4 is 15.8 Å². The lowest BCUT2D eigenvalue weighted by molar-refractivity contribution is -0.132. The number of carbonyl (C=O) groups excluding carboxylic acids is 2. The third kappa shape index (κ3) is 4.45. The first-order valence-corrected chi connectivity index (χ1v) is 13.6. The molecular formula is C30H28F2N6O4. The standard InChI is InChI=1S/C30H28F2N6O4/c1-17-35-16-36-38(17)21-6-4-19(14-23(21)41-2)18-3-5-20-22(13-18)42-25(26(34)39)24(20)29(9-11-30(31,32)12-10-29)27(40)37-28(15-33)7-8-28/h3-6,13-14,16H,7-12H2,1-2H3,(H2,34,39)(H,37,40). The van der Waals surface area contributed by atoms with Crippen molar-refractivity contribution in [2.75, 3.05) is 7.11 Å². The normalized spacial score (nSPS) is 18.3. The van der Waals surface area contributed by atoms with E-state index in [9.17, 15) is 23.6 Å². The number of hydrogen-bond donors (Lipinski definition) is 2. The van der Waals surface area contributed by atoms with Gasteiger partial charge in [0.05, 0.1) is 18.6 Å². The summed E-state index contributed by atoms with van der Waals surface area (Å²) in [5.41, 5.74) is 5.82. The third-order valence-corrected chi connectivity index (χ3v) is 8.44. The molecule has 12 heteroatoms. The van der Waals surface area contributed by atoms with Gasteiger partial charge in [-0.25, -0.2) is 18.4 Å². The number of hydrogen-bond acceptors (Lipinski definition) is 7. The van der Waals surface area contributed by atoms with E-state index in [0.29, 0.717) is 41.1 Å². The second-order valence-corrected chi connectivity index (χ2v) is 11.1.